The number of anilines is 2. The van der Waals surface area contributed by atoms with Crippen LogP contribution in [0.3, 0.4) is 0 Å². The first-order valence-corrected chi connectivity index (χ1v) is 15.1. The molecule has 0 radical (unpaired) electrons. The van der Waals surface area contributed by atoms with Gasteiger partial charge in [-0.15, -0.1) is 11.3 Å². The van der Waals surface area contributed by atoms with Crippen LogP contribution in [0.5, 0.6) is 5.75 Å². The second-order valence-corrected chi connectivity index (χ2v) is 12.3. The second-order valence-electron chi connectivity index (χ2n) is 10.6. The van der Waals surface area contributed by atoms with E-state index >= 15 is 0 Å². The molecule has 1 atom stereocenters. The van der Waals surface area contributed by atoms with Crippen LogP contribution in [-0.2, 0) is 14.3 Å². The molecule has 2 aliphatic carbocycles. The highest BCUT2D eigenvalue weighted by Gasteiger charge is 2.38. The van der Waals surface area contributed by atoms with Crippen LogP contribution in [0, 0.1) is 11.8 Å². The smallest absolute Gasteiger partial charge is 0.387 e. The predicted octanol–water partition coefficient (Wildman–Crippen LogP) is 4.66. The third-order valence-corrected chi connectivity index (χ3v) is 9.24. The second kappa shape index (κ2) is 13.5. The molecule has 13 heteroatoms. The van der Waals surface area contributed by atoms with Gasteiger partial charge in [-0.05, 0) is 61.8 Å². The molecule has 0 unspecified atom stereocenters. The van der Waals surface area contributed by atoms with Gasteiger partial charge in [0.25, 0.3) is 11.8 Å². The van der Waals surface area contributed by atoms with Crippen LogP contribution in [0.1, 0.15) is 48.2 Å². The van der Waals surface area contributed by atoms with Gasteiger partial charge in [-0.3, -0.25) is 14.4 Å². The van der Waals surface area contributed by atoms with Crippen molar-refractivity contribution in [1.82, 2.24) is 10.6 Å². The molecule has 3 amide bonds. The number of benzene rings is 1. The SMILES string of the molecule is O=C(NC[C@@H](NC(C1CCC1)C1CCC1)C(=O)Nc1ccc(N2CCOCC2=O)c(OC(F)F)c1)c1ccc(Cl)s1. The third kappa shape index (κ3) is 7.35. The largest absolute Gasteiger partial charge is 0.433 e. The zero-order valence-electron chi connectivity index (χ0n) is 22.4. The van der Waals surface area contributed by atoms with Crippen molar-refractivity contribution in [3.63, 3.8) is 0 Å². The van der Waals surface area contributed by atoms with Gasteiger partial charge in [0, 0.05) is 30.9 Å². The maximum atomic E-state index is 13.6. The van der Waals surface area contributed by atoms with Crippen molar-refractivity contribution in [2.24, 2.45) is 11.8 Å². The highest BCUT2D eigenvalue weighted by molar-refractivity contribution is 7.18. The Morgan fingerprint density at radius 3 is 2.44 bits per heavy atom. The van der Waals surface area contributed by atoms with Gasteiger partial charge in [-0.2, -0.15) is 8.78 Å². The molecule has 1 aromatic carbocycles. The fourth-order valence-electron chi connectivity index (χ4n) is 5.44. The fourth-order valence-corrected chi connectivity index (χ4v) is 6.40. The van der Waals surface area contributed by atoms with Crippen LogP contribution in [0.2, 0.25) is 4.34 Å². The molecule has 0 bridgehead atoms. The molecule has 9 nitrogen and oxygen atoms in total. The molecule has 3 aliphatic rings. The summed E-state index contributed by atoms with van der Waals surface area (Å²) >= 11 is 7.13. The lowest BCUT2D eigenvalue weighted by atomic mass is 9.68. The van der Waals surface area contributed by atoms with Gasteiger partial charge in [-0.1, -0.05) is 24.4 Å². The number of carbonyl (C=O) groups is 3. The Labute approximate surface area is 245 Å². The molecule has 1 saturated heterocycles. The molecule has 3 fully saturated rings. The van der Waals surface area contributed by atoms with Gasteiger partial charge in [-0.25, -0.2) is 0 Å². The lowest BCUT2D eigenvalue weighted by Gasteiger charge is -2.44. The maximum Gasteiger partial charge on any atom is 0.387 e. The van der Waals surface area contributed by atoms with Gasteiger partial charge in [0.2, 0.25) is 5.91 Å². The van der Waals surface area contributed by atoms with Gasteiger partial charge in [0.1, 0.15) is 12.6 Å². The van der Waals surface area contributed by atoms with E-state index in [4.69, 9.17) is 21.1 Å². The predicted molar refractivity (Wildman–Crippen MR) is 152 cm³/mol. The number of ether oxygens (including phenoxy) is 2. The molecular weight excluding hydrogens is 578 g/mol. The van der Waals surface area contributed by atoms with E-state index in [9.17, 15) is 23.2 Å². The minimum atomic E-state index is -3.13. The van der Waals surface area contributed by atoms with Crippen LogP contribution >= 0.6 is 22.9 Å². The number of hydrogen-bond donors (Lipinski definition) is 3. The number of rotatable bonds is 12. The number of nitrogens with one attached hydrogen (secondary N) is 3. The van der Waals surface area contributed by atoms with Crippen LogP contribution in [0.25, 0.3) is 0 Å². The average Bonchev–Trinajstić information content (AvgIpc) is 3.31. The number of nitrogens with zero attached hydrogens (tertiary/aromatic N) is 1. The normalized spacial score (nSPS) is 18.7. The Kier molecular flexibility index (Phi) is 9.74. The molecule has 2 saturated carbocycles. The van der Waals surface area contributed by atoms with Crippen molar-refractivity contribution < 1.29 is 32.6 Å². The number of carbonyl (C=O) groups excluding carboxylic acids is 3. The standard InChI is InChI=1S/C28H33ClF2N4O5S/c29-23-10-9-22(41-23)27(38)32-14-19(34-25(16-3-1-4-16)17-5-2-6-17)26(37)33-18-7-8-20(21(13-18)40-28(30)31)35-11-12-39-15-24(35)36/h7-10,13,16-17,19,25,28,34H,1-6,11-12,14-15H2,(H,32,38)(H,33,37)/t19-/m1/s1. The lowest BCUT2D eigenvalue weighted by molar-refractivity contribution is -0.125. The topological polar surface area (TPSA) is 109 Å². The number of amides is 3. The third-order valence-electron chi connectivity index (χ3n) is 8.01. The zero-order valence-corrected chi connectivity index (χ0v) is 23.9. The summed E-state index contributed by atoms with van der Waals surface area (Å²) in [6.07, 6.45) is 6.70. The lowest BCUT2D eigenvalue weighted by Crippen LogP contribution is -2.57. The quantitative estimate of drug-likeness (QED) is 0.323. The highest BCUT2D eigenvalue weighted by Crippen LogP contribution is 2.40. The number of morpholine rings is 1. The van der Waals surface area contributed by atoms with E-state index in [0.717, 1.165) is 49.9 Å². The summed E-state index contributed by atoms with van der Waals surface area (Å²) < 4.78 is 36.9. The minimum Gasteiger partial charge on any atom is -0.433 e. The van der Waals surface area contributed by atoms with Crippen molar-refractivity contribution in [2.75, 3.05) is 36.5 Å². The van der Waals surface area contributed by atoms with Crippen molar-refractivity contribution >= 4 is 52.0 Å². The summed E-state index contributed by atoms with van der Waals surface area (Å²) in [6, 6.07) is 6.91. The van der Waals surface area contributed by atoms with Crippen LogP contribution < -0.4 is 25.6 Å². The average molecular weight is 611 g/mol. The molecule has 2 aromatic rings. The molecule has 1 aromatic heterocycles. The van der Waals surface area contributed by atoms with Crippen molar-refractivity contribution in [3.8, 4) is 5.75 Å². The van der Waals surface area contributed by atoms with Crippen molar-refractivity contribution in [3.05, 3.63) is 39.5 Å². The van der Waals surface area contributed by atoms with Crippen molar-refractivity contribution in [2.45, 2.75) is 57.2 Å². The molecule has 1 aliphatic heterocycles. The fraction of sp³-hybridized carbons (Fsp3) is 0.536. The summed E-state index contributed by atoms with van der Waals surface area (Å²) in [4.78, 5) is 40.5. The van der Waals surface area contributed by atoms with E-state index in [1.165, 1.54) is 23.1 Å². The van der Waals surface area contributed by atoms with Gasteiger partial charge in [0.05, 0.1) is 21.5 Å². The number of alkyl halides is 2. The van der Waals surface area contributed by atoms with Crippen LogP contribution in [-0.4, -0.2) is 62.7 Å². The zero-order chi connectivity index (χ0) is 28.9. The first-order valence-electron chi connectivity index (χ1n) is 13.9. The first kappa shape index (κ1) is 29.7. The maximum absolute atomic E-state index is 13.6. The number of thiophene rings is 1. The Bertz CT molecular complexity index is 1240. The van der Waals surface area contributed by atoms with E-state index in [1.807, 2.05) is 0 Å². The Morgan fingerprint density at radius 2 is 1.85 bits per heavy atom. The molecule has 222 valence electrons. The summed E-state index contributed by atoms with van der Waals surface area (Å²) in [5.74, 6) is -0.425. The molecule has 5 rings (SSSR count). The number of halogens is 3. The summed E-state index contributed by atoms with van der Waals surface area (Å²) in [5, 5.41) is 9.17. The van der Waals surface area contributed by atoms with Crippen LogP contribution in [0.4, 0.5) is 20.2 Å². The number of hydrogen-bond acceptors (Lipinski definition) is 7. The monoisotopic (exact) mass is 610 g/mol. The van der Waals surface area contributed by atoms with Gasteiger partial charge in [0.15, 0.2) is 5.75 Å². The summed E-state index contributed by atoms with van der Waals surface area (Å²) in [7, 11) is 0. The summed E-state index contributed by atoms with van der Waals surface area (Å²) in [5.41, 5.74) is 0.394. The van der Waals surface area contributed by atoms with Crippen LogP contribution in [0.15, 0.2) is 30.3 Å². The summed E-state index contributed by atoms with van der Waals surface area (Å²) in [6.45, 7) is -2.81. The van der Waals surface area contributed by atoms with E-state index in [2.05, 4.69) is 16.0 Å². The molecule has 0 spiro atoms. The Hall–Kier alpha value is -2.80. The van der Waals surface area contributed by atoms with Gasteiger partial charge >= 0.3 is 6.61 Å². The van der Waals surface area contributed by atoms with E-state index in [-0.39, 0.29) is 61.3 Å². The Balaban J connectivity index is 1.34. The van der Waals surface area contributed by atoms with E-state index in [0.29, 0.717) is 21.0 Å². The minimum absolute atomic E-state index is 0.0247. The molecule has 2 heterocycles. The molecular formula is C28H33ClF2N4O5S. The first-order chi connectivity index (χ1) is 19.8. The van der Waals surface area contributed by atoms with E-state index in [1.54, 1.807) is 12.1 Å². The molecule has 3 N–H and O–H groups in total. The van der Waals surface area contributed by atoms with E-state index < -0.39 is 18.6 Å². The highest BCUT2D eigenvalue weighted by atomic mass is 35.5. The Morgan fingerprint density at radius 1 is 1.12 bits per heavy atom. The van der Waals surface area contributed by atoms with Gasteiger partial charge < -0.3 is 30.3 Å². The molecule has 41 heavy (non-hydrogen) atoms. The van der Waals surface area contributed by atoms with Crippen molar-refractivity contribution in [1.29, 1.82) is 0 Å².